The van der Waals surface area contributed by atoms with E-state index in [9.17, 15) is 0 Å². The van der Waals surface area contributed by atoms with Gasteiger partial charge in [0.15, 0.2) is 0 Å². The maximum Gasteiger partial charge on any atom is 0.0113 e. The maximum atomic E-state index is 2.90. The van der Waals surface area contributed by atoms with Crippen molar-refractivity contribution in [3.8, 4) is 0 Å². The third kappa shape index (κ3) is 4.03. The molecule has 6 rings (SSSR count). The van der Waals surface area contributed by atoms with Crippen LogP contribution in [0.4, 0.5) is 0 Å². The minimum absolute atomic E-state index is 0.614. The van der Waals surface area contributed by atoms with Gasteiger partial charge >= 0.3 is 0 Å². The van der Waals surface area contributed by atoms with Gasteiger partial charge in [-0.25, -0.2) is 0 Å². The van der Waals surface area contributed by atoms with Crippen molar-refractivity contribution in [3.63, 3.8) is 0 Å². The van der Waals surface area contributed by atoms with Crippen molar-refractivity contribution in [1.82, 2.24) is 19.6 Å². The minimum Gasteiger partial charge on any atom is -0.304 e. The predicted octanol–water partition coefficient (Wildman–Crippen LogP) is 4.26. The van der Waals surface area contributed by atoms with E-state index in [0.29, 0.717) is 10.8 Å². The first-order valence-corrected chi connectivity index (χ1v) is 14.7. The molecule has 0 aromatic carbocycles. The van der Waals surface area contributed by atoms with Crippen molar-refractivity contribution in [1.29, 1.82) is 0 Å². The molecule has 0 aromatic heterocycles. The molecule has 188 valence electrons. The lowest BCUT2D eigenvalue weighted by Crippen LogP contribution is -2.57. The summed E-state index contributed by atoms with van der Waals surface area (Å²) in [5, 5.41) is 0. The number of likely N-dealkylation sites (N-methyl/N-ethyl adjacent to an activating group) is 2. The molecule has 0 spiro atoms. The van der Waals surface area contributed by atoms with E-state index in [0.717, 1.165) is 35.8 Å². The number of nitrogens with zero attached hydrogens (tertiary/aromatic N) is 4. The summed E-state index contributed by atoms with van der Waals surface area (Å²) in [6, 6.07) is 1.75. The Kier molecular flexibility index (Phi) is 6.16. The Morgan fingerprint density at radius 1 is 0.606 bits per heavy atom. The zero-order valence-corrected chi connectivity index (χ0v) is 22.3. The van der Waals surface area contributed by atoms with Gasteiger partial charge in [0.25, 0.3) is 0 Å². The molecule has 2 heterocycles. The zero-order chi connectivity index (χ0) is 22.8. The van der Waals surface area contributed by atoms with Gasteiger partial charge in [0.1, 0.15) is 0 Å². The van der Waals surface area contributed by atoms with E-state index >= 15 is 0 Å². The van der Waals surface area contributed by atoms with Gasteiger partial charge in [-0.15, -0.1) is 0 Å². The lowest BCUT2D eigenvalue weighted by atomic mass is 9.45. The Hall–Kier alpha value is -0.160. The lowest BCUT2D eigenvalue weighted by molar-refractivity contribution is -0.119. The smallest absolute Gasteiger partial charge is 0.0113 e. The van der Waals surface area contributed by atoms with Gasteiger partial charge in [-0.1, -0.05) is 13.8 Å². The quantitative estimate of drug-likeness (QED) is 0.615. The van der Waals surface area contributed by atoms with Crippen LogP contribution in [0.3, 0.4) is 0 Å². The van der Waals surface area contributed by atoms with Crippen molar-refractivity contribution in [2.75, 3.05) is 66.5 Å². The molecule has 4 saturated carbocycles. The van der Waals surface area contributed by atoms with E-state index in [1.165, 1.54) is 97.3 Å². The first kappa shape index (κ1) is 23.3. The van der Waals surface area contributed by atoms with Crippen LogP contribution in [-0.2, 0) is 0 Å². The Labute approximate surface area is 204 Å². The number of hydrogen-bond donors (Lipinski definition) is 0. The monoisotopic (exact) mass is 456 g/mol. The topological polar surface area (TPSA) is 13.0 Å². The Bertz CT molecular complexity index is 696. The van der Waals surface area contributed by atoms with Crippen molar-refractivity contribution in [2.24, 2.45) is 34.5 Å². The average molecular weight is 457 g/mol. The van der Waals surface area contributed by atoms with Crippen LogP contribution in [0.1, 0.15) is 71.6 Å². The summed E-state index contributed by atoms with van der Waals surface area (Å²) in [7, 11) is 4.60. The molecule has 2 aliphatic heterocycles. The van der Waals surface area contributed by atoms with Crippen molar-refractivity contribution < 1.29 is 0 Å². The lowest BCUT2D eigenvalue weighted by Gasteiger charge is -2.61. The number of hydrogen-bond acceptors (Lipinski definition) is 4. The first-order valence-electron chi connectivity index (χ1n) is 14.7. The molecule has 4 nitrogen and oxygen atoms in total. The molecule has 0 amide bonds. The largest absolute Gasteiger partial charge is 0.304 e. The van der Waals surface area contributed by atoms with Gasteiger partial charge in [0, 0.05) is 64.4 Å². The van der Waals surface area contributed by atoms with E-state index < -0.39 is 0 Å². The van der Waals surface area contributed by atoms with Crippen molar-refractivity contribution in [3.05, 3.63) is 0 Å². The molecule has 33 heavy (non-hydrogen) atoms. The molecule has 0 bridgehead atoms. The van der Waals surface area contributed by atoms with Crippen LogP contribution in [0.25, 0.3) is 0 Å². The van der Waals surface area contributed by atoms with Crippen molar-refractivity contribution >= 4 is 0 Å². The van der Waals surface area contributed by atoms with Crippen LogP contribution in [-0.4, -0.2) is 98.1 Å². The zero-order valence-electron chi connectivity index (χ0n) is 22.3. The molecular weight excluding hydrogens is 404 g/mol. The van der Waals surface area contributed by atoms with Crippen LogP contribution in [0.15, 0.2) is 0 Å². The van der Waals surface area contributed by atoms with Crippen LogP contribution in [0.5, 0.6) is 0 Å². The van der Waals surface area contributed by atoms with E-state index in [1.54, 1.807) is 12.8 Å². The Morgan fingerprint density at radius 2 is 1.21 bits per heavy atom. The van der Waals surface area contributed by atoms with Crippen molar-refractivity contribution in [2.45, 2.75) is 83.7 Å². The normalized spacial score (nSPS) is 50.5. The van der Waals surface area contributed by atoms with Crippen LogP contribution < -0.4 is 0 Å². The highest BCUT2D eigenvalue weighted by atomic mass is 15.3. The Morgan fingerprint density at radius 3 is 1.88 bits per heavy atom. The van der Waals surface area contributed by atoms with Crippen LogP contribution in [0, 0.1) is 34.5 Å². The SMILES string of the molecule is CN1CCN([C@@H]2CC[C@@H]3CC[C@H]4[C@@H]5C[C@H](N6CCN(C)CC6)C[C@@]5(C)CC[C@@H]4[C@@]3(C)C2)CC1. The fourth-order valence-corrected chi connectivity index (χ4v) is 10.3. The van der Waals surface area contributed by atoms with E-state index in [1.807, 2.05) is 0 Å². The van der Waals surface area contributed by atoms with Gasteiger partial charge < -0.3 is 9.80 Å². The average Bonchev–Trinajstić information content (AvgIpc) is 3.17. The summed E-state index contributed by atoms with van der Waals surface area (Å²) < 4.78 is 0. The van der Waals surface area contributed by atoms with Gasteiger partial charge in [0.2, 0.25) is 0 Å². The summed E-state index contributed by atoms with van der Waals surface area (Å²) >= 11 is 0. The summed E-state index contributed by atoms with van der Waals surface area (Å²) in [6.45, 7) is 15.8. The predicted molar refractivity (Wildman–Crippen MR) is 137 cm³/mol. The molecule has 0 N–H and O–H groups in total. The minimum atomic E-state index is 0.614. The second-order valence-corrected chi connectivity index (χ2v) is 14.1. The summed E-state index contributed by atoms with van der Waals surface area (Å²) in [5.41, 5.74) is 1.24. The van der Waals surface area contributed by atoms with E-state index in [2.05, 4.69) is 47.5 Å². The fourth-order valence-electron chi connectivity index (χ4n) is 10.3. The first-order chi connectivity index (χ1) is 15.9. The molecule has 6 aliphatic rings. The van der Waals surface area contributed by atoms with E-state index in [4.69, 9.17) is 0 Å². The standard InChI is InChI=1S/C29H52N4/c1-28-10-9-26-25(27(28)19-24(20-28)33-17-13-31(4)14-18-33)8-6-22-5-7-23(21-29(22,26)2)32-15-11-30(3)12-16-32/h22-27H,5-21H2,1-4H3/t22-,23-,24+,25-,26+,27+,28-,29+/m1/s1. The highest BCUT2D eigenvalue weighted by Crippen LogP contribution is 2.66. The molecule has 0 unspecified atom stereocenters. The van der Waals surface area contributed by atoms with Gasteiger partial charge in [-0.3, -0.25) is 9.80 Å². The fraction of sp³-hybridized carbons (Fsp3) is 1.00. The summed E-state index contributed by atoms with van der Waals surface area (Å²) in [5.74, 6) is 4.05. The van der Waals surface area contributed by atoms with Gasteiger partial charge in [-0.05, 0) is 106 Å². The molecule has 6 fully saturated rings. The second-order valence-electron chi connectivity index (χ2n) is 14.1. The molecule has 2 saturated heterocycles. The third-order valence-corrected chi connectivity index (χ3v) is 12.4. The summed E-state index contributed by atoms with van der Waals surface area (Å²) in [4.78, 5) is 10.9. The third-order valence-electron chi connectivity index (χ3n) is 12.4. The molecular formula is C29H52N4. The van der Waals surface area contributed by atoms with Crippen LogP contribution >= 0.6 is 0 Å². The van der Waals surface area contributed by atoms with Gasteiger partial charge in [-0.2, -0.15) is 0 Å². The number of piperazine rings is 2. The van der Waals surface area contributed by atoms with Gasteiger partial charge in [0.05, 0.1) is 0 Å². The molecule has 8 atom stereocenters. The molecule has 4 aliphatic carbocycles. The number of fused-ring (bicyclic) bond motifs is 5. The second kappa shape index (κ2) is 8.75. The summed E-state index contributed by atoms with van der Waals surface area (Å²) in [6.07, 6.45) is 13.7. The molecule has 0 aromatic rings. The molecule has 0 radical (unpaired) electrons. The highest BCUT2D eigenvalue weighted by molar-refractivity contribution is 5.10. The van der Waals surface area contributed by atoms with E-state index in [-0.39, 0.29) is 0 Å². The number of rotatable bonds is 2. The Balaban J connectivity index is 1.17. The van der Waals surface area contributed by atoms with Crippen LogP contribution in [0.2, 0.25) is 0 Å². The highest BCUT2D eigenvalue weighted by Gasteiger charge is 2.60. The maximum absolute atomic E-state index is 2.90. The molecule has 4 heteroatoms.